The molecule has 2 rings (SSSR count). The van der Waals surface area contributed by atoms with E-state index in [0.717, 1.165) is 10.2 Å². The highest BCUT2D eigenvalue weighted by atomic mass is 79.9. The van der Waals surface area contributed by atoms with Gasteiger partial charge in [0.1, 0.15) is 11.6 Å². The number of nitrogens with zero attached hydrogens (tertiary/aromatic N) is 1. The number of carbonyl (C=O) groups is 1. The quantitative estimate of drug-likeness (QED) is 0.592. The van der Waals surface area contributed by atoms with Gasteiger partial charge in [0, 0.05) is 17.8 Å². The minimum atomic E-state index is -0.324. The summed E-state index contributed by atoms with van der Waals surface area (Å²) in [6, 6.07) is 9.03. The van der Waals surface area contributed by atoms with Gasteiger partial charge in [-0.25, -0.2) is 9.78 Å². The molecule has 1 aromatic carbocycles. The van der Waals surface area contributed by atoms with Gasteiger partial charge in [0.15, 0.2) is 0 Å². The van der Waals surface area contributed by atoms with Crippen LogP contribution in [-0.2, 0) is 5.41 Å². The molecule has 0 aliphatic carbocycles. The molecule has 2 amide bonds. The molecule has 0 atom stereocenters. The normalized spacial score (nSPS) is 11.1. The maximum Gasteiger partial charge on any atom is 0.320 e. The van der Waals surface area contributed by atoms with Gasteiger partial charge in [0.25, 0.3) is 0 Å². The number of amides is 2. The van der Waals surface area contributed by atoms with Crippen LogP contribution in [0.3, 0.4) is 0 Å². The summed E-state index contributed by atoms with van der Waals surface area (Å²) in [5.41, 5.74) is 1.33. The molecule has 0 fully saturated rings. The third kappa shape index (κ3) is 6.50. The number of halogens is 2. The first-order valence-electron chi connectivity index (χ1n) is 8.35. The third-order valence-corrected chi connectivity index (χ3v) is 4.48. The summed E-state index contributed by atoms with van der Waals surface area (Å²) in [6.45, 7) is 7.51. The zero-order chi connectivity index (χ0) is 19.2. The van der Waals surface area contributed by atoms with E-state index in [1.165, 1.54) is 11.8 Å². The van der Waals surface area contributed by atoms with Gasteiger partial charge in [-0.1, -0.05) is 38.4 Å². The maximum absolute atomic E-state index is 11.8. The highest BCUT2D eigenvalue weighted by Gasteiger charge is 2.15. The predicted octanol–water partition coefficient (Wildman–Crippen LogP) is 5.39. The van der Waals surface area contributed by atoms with Crippen molar-refractivity contribution in [2.24, 2.45) is 0 Å². The third-order valence-electron chi connectivity index (χ3n) is 3.63. The predicted molar refractivity (Wildman–Crippen MR) is 109 cm³/mol. The van der Waals surface area contributed by atoms with Crippen LogP contribution in [0.25, 0.3) is 0 Å². The molecule has 0 unspecified atom stereocenters. The van der Waals surface area contributed by atoms with Gasteiger partial charge in [-0.3, -0.25) is 5.32 Å². The van der Waals surface area contributed by atoms with E-state index in [1.807, 2.05) is 6.07 Å². The largest absolute Gasteiger partial charge is 0.492 e. The number of anilines is 1. The lowest BCUT2D eigenvalue weighted by Gasteiger charge is -2.20. The van der Waals surface area contributed by atoms with Crippen molar-refractivity contribution in [2.75, 3.05) is 18.5 Å². The summed E-state index contributed by atoms with van der Waals surface area (Å²) in [6.07, 6.45) is 2.22. The van der Waals surface area contributed by atoms with Crippen molar-refractivity contribution in [2.45, 2.75) is 32.6 Å². The average molecular weight is 441 g/mol. The molecule has 0 spiro atoms. The van der Waals surface area contributed by atoms with Crippen LogP contribution in [0.5, 0.6) is 5.75 Å². The number of rotatable bonds is 6. The summed E-state index contributed by atoms with van der Waals surface area (Å²) in [7, 11) is 0. The van der Waals surface area contributed by atoms with Gasteiger partial charge in [0.05, 0.1) is 11.1 Å². The fraction of sp³-hybridized carbons (Fsp3) is 0.368. The summed E-state index contributed by atoms with van der Waals surface area (Å²) in [4.78, 5) is 15.8. The molecule has 5 nitrogen and oxygen atoms in total. The van der Waals surface area contributed by atoms with Crippen LogP contribution in [0, 0.1) is 0 Å². The van der Waals surface area contributed by atoms with E-state index in [0.29, 0.717) is 30.4 Å². The highest BCUT2D eigenvalue weighted by Crippen LogP contribution is 2.31. The SMILES string of the molecule is CC(C)(C)c1ccc(OCCCNC(=O)Nc2cc(Cl)ccn2)c(Br)c1. The lowest BCUT2D eigenvalue weighted by atomic mass is 9.87. The fourth-order valence-corrected chi connectivity index (χ4v) is 2.83. The van der Waals surface area contributed by atoms with Gasteiger partial charge in [-0.05, 0) is 57.6 Å². The monoisotopic (exact) mass is 439 g/mol. The molecule has 2 aromatic rings. The van der Waals surface area contributed by atoms with Crippen molar-refractivity contribution in [3.63, 3.8) is 0 Å². The fourth-order valence-electron chi connectivity index (χ4n) is 2.17. The van der Waals surface area contributed by atoms with Crippen molar-refractivity contribution >= 4 is 39.4 Å². The van der Waals surface area contributed by atoms with Crippen LogP contribution < -0.4 is 15.4 Å². The van der Waals surface area contributed by atoms with E-state index in [-0.39, 0.29) is 11.4 Å². The number of urea groups is 1. The molecule has 1 aromatic heterocycles. The van der Waals surface area contributed by atoms with E-state index in [1.54, 1.807) is 12.1 Å². The van der Waals surface area contributed by atoms with E-state index >= 15 is 0 Å². The Morgan fingerprint density at radius 2 is 2.04 bits per heavy atom. The summed E-state index contributed by atoms with van der Waals surface area (Å²) < 4.78 is 6.70. The molecule has 0 aliphatic rings. The summed E-state index contributed by atoms with van der Waals surface area (Å²) in [5.74, 6) is 1.21. The Morgan fingerprint density at radius 1 is 1.27 bits per heavy atom. The molecular formula is C19H23BrClN3O2. The van der Waals surface area contributed by atoms with Crippen molar-refractivity contribution in [3.8, 4) is 5.75 Å². The number of hydrogen-bond donors (Lipinski definition) is 2. The number of pyridine rings is 1. The van der Waals surface area contributed by atoms with E-state index in [4.69, 9.17) is 16.3 Å². The first-order chi connectivity index (χ1) is 12.3. The van der Waals surface area contributed by atoms with Gasteiger partial charge in [0.2, 0.25) is 0 Å². The van der Waals surface area contributed by atoms with Crippen LogP contribution >= 0.6 is 27.5 Å². The number of hydrogen-bond acceptors (Lipinski definition) is 3. The van der Waals surface area contributed by atoms with Crippen molar-refractivity contribution in [3.05, 3.63) is 51.6 Å². The second-order valence-corrected chi connectivity index (χ2v) is 8.13. The molecule has 0 saturated carbocycles. The van der Waals surface area contributed by atoms with Gasteiger partial charge >= 0.3 is 6.03 Å². The molecule has 0 saturated heterocycles. The number of nitrogens with one attached hydrogen (secondary N) is 2. The second-order valence-electron chi connectivity index (χ2n) is 6.84. The molecular weight excluding hydrogens is 418 g/mol. The standard InChI is InChI=1S/C19H23BrClN3O2/c1-19(2,3)13-5-6-16(15(20)11-13)26-10-4-8-23-18(25)24-17-12-14(21)7-9-22-17/h5-7,9,11-12H,4,8,10H2,1-3H3,(H2,22,23,24,25). The van der Waals surface area contributed by atoms with Gasteiger partial charge in [-0.15, -0.1) is 0 Å². The minimum Gasteiger partial charge on any atom is -0.492 e. The van der Waals surface area contributed by atoms with E-state index < -0.39 is 0 Å². The molecule has 7 heteroatoms. The first-order valence-corrected chi connectivity index (χ1v) is 9.52. The molecule has 26 heavy (non-hydrogen) atoms. The zero-order valence-electron chi connectivity index (χ0n) is 15.1. The number of ether oxygens (including phenoxy) is 1. The Balaban J connectivity index is 1.71. The van der Waals surface area contributed by atoms with Crippen LogP contribution in [0.15, 0.2) is 41.0 Å². The van der Waals surface area contributed by atoms with Crippen molar-refractivity contribution in [1.82, 2.24) is 10.3 Å². The van der Waals surface area contributed by atoms with Crippen molar-refractivity contribution in [1.29, 1.82) is 0 Å². The molecule has 140 valence electrons. The Labute approximate surface area is 167 Å². The Morgan fingerprint density at radius 3 is 2.69 bits per heavy atom. The minimum absolute atomic E-state index is 0.0934. The van der Waals surface area contributed by atoms with Crippen LogP contribution in [-0.4, -0.2) is 24.2 Å². The van der Waals surface area contributed by atoms with Crippen LogP contribution in [0.4, 0.5) is 10.6 Å². The van der Waals surface area contributed by atoms with E-state index in [2.05, 4.69) is 64.5 Å². The van der Waals surface area contributed by atoms with Crippen molar-refractivity contribution < 1.29 is 9.53 Å². The molecule has 0 bridgehead atoms. The number of aromatic nitrogens is 1. The maximum atomic E-state index is 11.8. The second kappa shape index (κ2) is 9.24. The molecule has 0 aliphatic heterocycles. The van der Waals surface area contributed by atoms with Gasteiger partial charge in [-0.2, -0.15) is 0 Å². The number of benzene rings is 1. The lowest BCUT2D eigenvalue weighted by molar-refractivity contribution is 0.250. The lowest BCUT2D eigenvalue weighted by Crippen LogP contribution is -2.30. The first kappa shape index (κ1) is 20.5. The average Bonchev–Trinajstić information content (AvgIpc) is 2.55. The van der Waals surface area contributed by atoms with Crippen LogP contribution in [0.1, 0.15) is 32.8 Å². The summed E-state index contributed by atoms with van der Waals surface area (Å²) in [5, 5.41) is 5.90. The topological polar surface area (TPSA) is 63.2 Å². The van der Waals surface area contributed by atoms with E-state index in [9.17, 15) is 4.79 Å². The Hall–Kier alpha value is -1.79. The smallest absolute Gasteiger partial charge is 0.320 e. The van der Waals surface area contributed by atoms with Crippen LogP contribution in [0.2, 0.25) is 5.02 Å². The molecule has 2 N–H and O–H groups in total. The van der Waals surface area contributed by atoms with Gasteiger partial charge < -0.3 is 10.1 Å². The summed E-state index contributed by atoms with van der Waals surface area (Å²) >= 11 is 9.40. The molecule has 0 radical (unpaired) electrons. The zero-order valence-corrected chi connectivity index (χ0v) is 17.4. The highest BCUT2D eigenvalue weighted by molar-refractivity contribution is 9.10. The molecule has 1 heterocycles. The Kier molecular flexibility index (Phi) is 7.29. The number of carbonyl (C=O) groups excluding carboxylic acids is 1. The Bertz CT molecular complexity index is 763.